The monoisotopic (exact) mass is 318 g/mol. The third-order valence-corrected chi connectivity index (χ3v) is 5.76. The van der Waals surface area contributed by atoms with E-state index in [4.69, 9.17) is 22.5 Å². The Labute approximate surface area is 130 Å². The molecular formula is C17H16ClO2P. The summed E-state index contributed by atoms with van der Waals surface area (Å²) in [6, 6.07) is 16.1. The summed E-state index contributed by atoms with van der Waals surface area (Å²) in [6.07, 6.45) is 6.52. The summed E-state index contributed by atoms with van der Waals surface area (Å²) in [5.41, 5.74) is 0. The lowest BCUT2D eigenvalue weighted by Crippen LogP contribution is -2.18. The lowest BCUT2D eigenvalue weighted by molar-refractivity contribution is 0.322. The van der Waals surface area contributed by atoms with E-state index in [0.717, 1.165) is 0 Å². The van der Waals surface area contributed by atoms with Gasteiger partial charge in [0.15, 0.2) is 0 Å². The molecule has 0 saturated carbocycles. The molecule has 0 fully saturated rings. The molecule has 0 N–H and O–H groups in total. The van der Waals surface area contributed by atoms with Crippen LogP contribution in [0.4, 0.5) is 0 Å². The van der Waals surface area contributed by atoms with Crippen LogP contribution in [0.15, 0.2) is 54.6 Å². The molecule has 108 valence electrons. The van der Waals surface area contributed by atoms with Crippen molar-refractivity contribution in [1.29, 1.82) is 0 Å². The van der Waals surface area contributed by atoms with Crippen molar-refractivity contribution in [2.75, 3.05) is 6.61 Å². The second-order valence-corrected chi connectivity index (χ2v) is 7.33. The minimum atomic E-state index is -3.11. The van der Waals surface area contributed by atoms with E-state index in [1.807, 2.05) is 30.3 Å². The van der Waals surface area contributed by atoms with Gasteiger partial charge in [0.2, 0.25) is 0 Å². The van der Waals surface area contributed by atoms with E-state index < -0.39 is 7.37 Å². The average molecular weight is 319 g/mol. The summed E-state index contributed by atoms with van der Waals surface area (Å²) in [7, 11) is -3.11. The molecule has 0 spiro atoms. The fourth-order valence-corrected chi connectivity index (χ4v) is 4.14. The normalized spacial score (nSPS) is 13.3. The molecule has 0 bridgehead atoms. The molecule has 21 heavy (non-hydrogen) atoms. The summed E-state index contributed by atoms with van der Waals surface area (Å²) in [6.45, 7) is 0.360. The van der Waals surface area contributed by atoms with Gasteiger partial charge in [-0.1, -0.05) is 29.8 Å². The number of terminal acetylenes is 1. The van der Waals surface area contributed by atoms with Gasteiger partial charge < -0.3 is 4.52 Å². The van der Waals surface area contributed by atoms with Crippen LogP contribution in [0.1, 0.15) is 12.8 Å². The van der Waals surface area contributed by atoms with Crippen molar-refractivity contribution >= 4 is 29.6 Å². The number of rotatable bonds is 6. The van der Waals surface area contributed by atoms with Crippen LogP contribution in [0, 0.1) is 12.3 Å². The molecule has 0 aliphatic rings. The van der Waals surface area contributed by atoms with Gasteiger partial charge in [0.25, 0.3) is 7.37 Å². The first-order valence-corrected chi connectivity index (χ1v) is 8.67. The van der Waals surface area contributed by atoms with Gasteiger partial charge in [0.05, 0.1) is 6.61 Å². The van der Waals surface area contributed by atoms with Crippen molar-refractivity contribution in [3.05, 3.63) is 59.6 Å². The van der Waals surface area contributed by atoms with E-state index in [0.29, 0.717) is 35.1 Å². The molecule has 2 aromatic carbocycles. The van der Waals surface area contributed by atoms with Gasteiger partial charge >= 0.3 is 0 Å². The van der Waals surface area contributed by atoms with Crippen LogP contribution in [0.25, 0.3) is 0 Å². The zero-order chi connectivity index (χ0) is 15.1. The smallest absolute Gasteiger partial charge is 0.261 e. The minimum Gasteiger partial charge on any atom is -0.322 e. The molecule has 0 saturated heterocycles. The molecule has 0 aliphatic carbocycles. The van der Waals surface area contributed by atoms with Gasteiger partial charge in [-0.15, -0.1) is 12.3 Å². The quantitative estimate of drug-likeness (QED) is 0.457. The predicted octanol–water partition coefficient (Wildman–Crippen LogP) is 4.00. The van der Waals surface area contributed by atoms with Crippen molar-refractivity contribution in [2.45, 2.75) is 12.8 Å². The molecule has 1 unspecified atom stereocenters. The Balaban J connectivity index is 2.32. The van der Waals surface area contributed by atoms with Gasteiger partial charge in [0.1, 0.15) is 0 Å². The molecule has 0 amide bonds. The van der Waals surface area contributed by atoms with Gasteiger partial charge in [0, 0.05) is 22.1 Å². The van der Waals surface area contributed by atoms with Crippen LogP contribution >= 0.6 is 19.0 Å². The van der Waals surface area contributed by atoms with E-state index >= 15 is 0 Å². The van der Waals surface area contributed by atoms with E-state index in [2.05, 4.69) is 5.92 Å². The van der Waals surface area contributed by atoms with Crippen LogP contribution in [-0.2, 0) is 9.09 Å². The topological polar surface area (TPSA) is 26.3 Å². The lowest BCUT2D eigenvalue weighted by atomic mass is 10.3. The number of halogens is 1. The van der Waals surface area contributed by atoms with Gasteiger partial charge in [-0.25, -0.2) is 0 Å². The molecular weight excluding hydrogens is 303 g/mol. The molecule has 0 aromatic heterocycles. The number of hydrogen-bond donors (Lipinski definition) is 0. The van der Waals surface area contributed by atoms with E-state index in [1.54, 1.807) is 24.3 Å². The Bertz CT molecular complexity index is 659. The summed E-state index contributed by atoms with van der Waals surface area (Å²) in [4.78, 5) is 0. The van der Waals surface area contributed by atoms with Crippen LogP contribution in [0.3, 0.4) is 0 Å². The Morgan fingerprint density at radius 1 is 1.05 bits per heavy atom. The fourth-order valence-electron chi connectivity index (χ4n) is 1.93. The molecule has 2 rings (SSSR count). The van der Waals surface area contributed by atoms with Crippen molar-refractivity contribution < 1.29 is 9.09 Å². The maximum Gasteiger partial charge on any atom is 0.261 e. The number of benzene rings is 2. The van der Waals surface area contributed by atoms with Crippen molar-refractivity contribution in [2.24, 2.45) is 0 Å². The maximum absolute atomic E-state index is 13.4. The van der Waals surface area contributed by atoms with Gasteiger partial charge in [-0.05, 0) is 42.8 Å². The summed E-state index contributed by atoms with van der Waals surface area (Å²) in [5, 5.41) is 1.91. The molecule has 1 atom stereocenters. The van der Waals surface area contributed by atoms with E-state index in [9.17, 15) is 4.57 Å². The van der Waals surface area contributed by atoms with E-state index in [-0.39, 0.29) is 0 Å². The highest BCUT2D eigenvalue weighted by molar-refractivity contribution is 7.74. The average Bonchev–Trinajstić information content (AvgIpc) is 2.53. The van der Waals surface area contributed by atoms with E-state index in [1.165, 1.54) is 0 Å². The highest BCUT2D eigenvalue weighted by Gasteiger charge is 2.28. The molecule has 0 heterocycles. The Morgan fingerprint density at radius 2 is 1.67 bits per heavy atom. The highest BCUT2D eigenvalue weighted by atomic mass is 35.5. The summed E-state index contributed by atoms with van der Waals surface area (Å²) >= 11 is 5.90. The van der Waals surface area contributed by atoms with Crippen LogP contribution < -0.4 is 10.6 Å². The third kappa shape index (κ3) is 3.99. The van der Waals surface area contributed by atoms with Crippen LogP contribution in [0.2, 0.25) is 5.02 Å². The SMILES string of the molecule is C#CCCCOP(=O)(c1ccccc1)c1ccc(Cl)cc1. The fraction of sp³-hybridized carbons (Fsp3) is 0.176. The maximum atomic E-state index is 13.4. The Kier molecular flexibility index (Phi) is 5.65. The molecule has 0 radical (unpaired) electrons. The number of unbranched alkanes of at least 4 members (excludes halogenated alkanes) is 1. The van der Waals surface area contributed by atoms with Crippen LogP contribution in [0.5, 0.6) is 0 Å². The molecule has 4 heteroatoms. The standard InChI is InChI=1S/C17H16ClO2P/c1-2-3-7-14-20-21(19,16-8-5-4-6-9-16)17-12-10-15(18)11-13-17/h1,4-6,8-13H,3,7,14H2. The third-order valence-electron chi connectivity index (χ3n) is 3.00. The van der Waals surface area contributed by atoms with Crippen molar-refractivity contribution in [3.63, 3.8) is 0 Å². The molecule has 2 nitrogen and oxygen atoms in total. The first-order chi connectivity index (χ1) is 10.2. The summed E-state index contributed by atoms with van der Waals surface area (Å²) in [5.74, 6) is 2.55. The highest BCUT2D eigenvalue weighted by Crippen LogP contribution is 2.44. The summed E-state index contributed by atoms with van der Waals surface area (Å²) < 4.78 is 19.1. The van der Waals surface area contributed by atoms with Crippen molar-refractivity contribution in [3.8, 4) is 12.3 Å². The van der Waals surface area contributed by atoms with Gasteiger partial charge in [-0.2, -0.15) is 0 Å². The first kappa shape index (κ1) is 15.9. The number of hydrogen-bond acceptors (Lipinski definition) is 2. The zero-order valence-electron chi connectivity index (χ0n) is 11.5. The Hall–Kier alpha value is -1.52. The minimum absolute atomic E-state index is 0.360. The van der Waals surface area contributed by atoms with Crippen molar-refractivity contribution in [1.82, 2.24) is 0 Å². The second kappa shape index (κ2) is 7.48. The van der Waals surface area contributed by atoms with Gasteiger partial charge in [-0.3, -0.25) is 4.57 Å². The van der Waals surface area contributed by atoms with Crippen LogP contribution in [-0.4, -0.2) is 6.61 Å². The Morgan fingerprint density at radius 3 is 2.29 bits per heavy atom. The predicted molar refractivity (Wildman–Crippen MR) is 88.8 cm³/mol. The zero-order valence-corrected chi connectivity index (χ0v) is 13.2. The lowest BCUT2D eigenvalue weighted by Gasteiger charge is -2.19. The first-order valence-electron chi connectivity index (χ1n) is 6.66. The second-order valence-electron chi connectivity index (χ2n) is 4.50. The largest absolute Gasteiger partial charge is 0.322 e. The molecule has 0 aliphatic heterocycles. The molecule has 2 aromatic rings.